The number of nitrogens with zero attached hydrogens (tertiary/aromatic N) is 2. The van der Waals surface area contributed by atoms with E-state index >= 15 is 0 Å². The molecule has 2 amide bonds. The van der Waals surface area contributed by atoms with E-state index in [1.165, 1.54) is 25.0 Å². The Labute approximate surface area is 169 Å². The van der Waals surface area contributed by atoms with E-state index in [0.717, 1.165) is 12.8 Å². The number of hydrogen-bond donors (Lipinski definition) is 2. The van der Waals surface area contributed by atoms with Crippen LogP contribution in [0.1, 0.15) is 46.8 Å². The molecule has 0 aliphatic heterocycles. The fourth-order valence-electron chi connectivity index (χ4n) is 5.06. The second-order valence-electron chi connectivity index (χ2n) is 8.49. The maximum atomic E-state index is 12.2. The Morgan fingerprint density at radius 2 is 1.28 bits per heavy atom. The summed E-state index contributed by atoms with van der Waals surface area (Å²) in [6.07, 6.45) is 17.2. The van der Waals surface area contributed by atoms with E-state index in [4.69, 9.17) is 4.42 Å². The second kappa shape index (κ2) is 7.46. The Balaban J connectivity index is 1.11. The molecule has 29 heavy (non-hydrogen) atoms. The van der Waals surface area contributed by atoms with Gasteiger partial charge in [-0.1, -0.05) is 24.3 Å². The van der Waals surface area contributed by atoms with Gasteiger partial charge in [0.2, 0.25) is 0 Å². The highest BCUT2D eigenvalue weighted by molar-refractivity contribution is 5.95. The predicted octanol–water partition coefficient (Wildman–Crippen LogP) is 3.14. The average molecular weight is 392 g/mol. The molecule has 6 atom stereocenters. The van der Waals surface area contributed by atoms with Gasteiger partial charge >= 0.3 is 11.8 Å². The van der Waals surface area contributed by atoms with Gasteiger partial charge in [-0.15, -0.1) is 0 Å². The van der Waals surface area contributed by atoms with Crippen LogP contribution in [0.15, 0.2) is 51.1 Å². The highest BCUT2D eigenvalue weighted by Gasteiger charge is 2.35. The predicted molar refractivity (Wildman–Crippen MR) is 108 cm³/mol. The molecule has 7 nitrogen and oxygen atoms in total. The molecule has 7 heteroatoms. The summed E-state index contributed by atoms with van der Waals surface area (Å²) in [5.41, 5.74) is 4.96. The van der Waals surface area contributed by atoms with Crippen molar-refractivity contribution in [1.29, 1.82) is 0 Å². The van der Waals surface area contributed by atoms with Gasteiger partial charge in [-0.05, 0) is 61.5 Å². The van der Waals surface area contributed by atoms with Crippen molar-refractivity contribution in [2.45, 2.75) is 25.7 Å². The highest BCUT2D eigenvalue weighted by atomic mass is 16.4. The van der Waals surface area contributed by atoms with Crippen molar-refractivity contribution in [1.82, 2.24) is 10.9 Å². The lowest BCUT2D eigenvalue weighted by Crippen LogP contribution is -2.20. The number of allylic oxidation sites excluding steroid dienone is 4. The Morgan fingerprint density at radius 1 is 0.793 bits per heavy atom. The fourth-order valence-corrected chi connectivity index (χ4v) is 5.06. The number of fused-ring (bicyclic) bond motifs is 4. The first-order chi connectivity index (χ1) is 14.2. The van der Waals surface area contributed by atoms with E-state index in [0.29, 0.717) is 35.5 Å². The third kappa shape index (κ3) is 3.69. The first-order valence-corrected chi connectivity index (χ1v) is 10.3. The molecule has 2 fully saturated rings. The molecule has 1 heterocycles. The lowest BCUT2D eigenvalue weighted by molar-refractivity contribution is 0.0902. The van der Waals surface area contributed by atoms with Crippen LogP contribution < -0.4 is 10.9 Å². The fraction of sp³-hybridized carbons (Fsp3) is 0.455. The Kier molecular flexibility index (Phi) is 4.66. The first kappa shape index (κ1) is 18.1. The number of hydrazone groups is 2. The van der Waals surface area contributed by atoms with E-state index in [1.807, 2.05) is 12.4 Å². The largest absolute Gasteiger partial charge is 0.446 e. The normalized spacial score (nSPS) is 34.1. The van der Waals surface area contributed by atoms with Crippen LogP contribution in [0.5, 0.6) is 0 Å². The maximum Gasteiger partial charge on any atom is 0.307 e. The average Bonchev–Trinajstić information content (AvgIpc) is 3.54. The minimum atomic E-state index is -0.476. The van der Waals surface area contributed by atoms with Crippen LogP contribution >= 0.6 is 0 Å². The van der Waals surface area contributed by atoms with E-state index in [-0.39, 0.29) is 11.5 Å². The number of rotatable bonds is 6. The smallest absolute Gasteiger partial charge is 0.307 e. The molecular formula is C22H24N4O3. The van der Waals surface area contributed by atoms with Crippen molar-refractivity contribution in [3.8, 4) is 0 Å². The van der Waals surface area contributed by atoms with E-state index in [9.17, 15) is 9.59 Å². The summed E-state index contributed by atoms with van der Waals surface area (Å²) in [5, 5.41) is 8.13. The molecule has 0 radical (unpaired) electrons. The van der Waals surface area contributed by atoms with Gasteiger partial charge in [0.1, 0.15) is 0 Å². The minimum absolute atomic E-state index is 0.0438. The lowest BCUT2D eigenvalue weighted by atomic mass is 9.95. The van der Waals surface area contributed by atoms with Gasteiger partial charge in [-0.2, -0.15) is 10.2 Å². The number of furan rings is 1. The zero-order valence-corrected chi connectivity index (χ0v) is 16.0. The van der Waals surface area contributed by atoms with Crippen LogP contribution in [-0.4, -0.2) is 24.2 Å². The summed E-state index contributed by atoms with van der Waals surface area (Å²) in [6.45, 7) is 0. The second-order valence-corrected chi connectivity index (χ2v) is 8.49. The van der Waals surface area contributed by atoms with E-state index < -0.39 is 11.8 Å². The van der Waals surface area contributed by atoms with Crippen LogP contribution in [0.25, 0.3) is 0 Å². The van der Waals surface area contributed by atoms with Gasteiger partial charge < -0.3 is 4.42 Å². The summed E-state index contributed by atoms with van der Waals surface area (Å²) in [7, 11) is 0. The zero-order valence-electron chi connectivity index (χ0n) is 16.0. The third-order valence-corrected chi connectivity index (χ3v) is 6.58. The van der Waals surface area contributed by atoms with Crippen molar-refractivity contribution in [3.05, 3.63) is 48.0 Å². The standard InChI is InChI=1S/C22H24N4O3/c27-21(25-23-11-17-9-13-1-3-15(17)7-13)19-5-6-20(29-19)22(28)26-24-12-18-10-14-2-4-16(18)8-14/h1-6,11-18H,7-10H2,(H,25,27)(H,26,28)/b23-11-,24-12-/t13-,14-,15-,16+,17-,18-/m1/s1. The van der Waals surface area contributed by atoms with Crippen LogP contribution in [0.2, 0.25) is 0 Å². The van der Waals surface area contributed by atoms with Crippen LogP contribution in [-0.2, 0) is 0 Å². The summed E-state index contributed by atoms with van der Waals surface area (Å²) in [5.74, 6) is 2.28. The molecule has 4 bridgehead atoms. The van der Waals surface area contributed by atoms with Crippen molar-refractivity contribution in [3.63, 3.8) is 0 Å². The van der Waals surface area contributed by atoms with Gasteiger partial charge in [0.25, 0.3) is 0 Å². The Bertz CT molecular complexity index is 856. The molecule has 0 aromatic carbocycles. The number of carbonyl (C=O) groups excluding carboxylic acids is 2. The lowest BCUT2D eigenvalue weighted by Gasteiger charge is -2.11. The van der Waals surface area contributed by atoms with Crippen LogP contribution in [0, 0.1) is 35.5 Å². The Morgan fingerprint density at radius 3 is 1.66 bits per heavy atom. The quantitative estimate of drug-likeness (QED) is 0.442. The monoisotopic (exact) mass is 392 g/mol. The minimum Gasteiger partial charge on any atom is -0.446 e. The van der Waals surface area contributed by atoms with Gasteiger partial charge in [-0.25, -0.2) is 10.9 Å². The maximum absolute atomic E-state index is 12.2. The zero-order chi connectivity index (χ0) is 19.8. The molecule has 1 aromatic rings. The summed E-state index contributed by atoms with van der Waals surface area (Å²) in [6, 6.07) is 2.93. The molecule has 0 spiro atoms. The molecule has 2 saturated carbocycles. The number of nitrogens with one attached hydrogen (secondary N) is 2. The van der Waals surface area contributed by atoms with E-state index in [2.05, 4.69) is 45.4 Å². The Hall–Kier alpha value is -2.96. The SMILES string of the molecule is O=C(N/N=C\[C@H]1C[C@@H]2C=C[C@@H]1C2)c1ccc(C(=O)N/N=C\[C@H]2C[C@@H]3C=C[C@H]2C3)o1. The van der Waals surface area contributed by atoms with Gasteiger partial charge in [0, 0.05) is 24.3 Å². The van der Waals surface area contributed by atoms with Gasteiger partial charge in [0.05, 0.1) is 0 Å². The summed E-state index contributed by atoms with van der Waals surface area (Å²) < 4.78 is 5.36. The molecule has 4 aliphatic carbocycles. The van der Waals surface area contributed by atoms with Crippen LogP contribution in [0.3, 0.4) is 0 Å². The molecule has 0 saturated heterocycles. The number of hydrogen-bond acceptors (Lipinski definition) is 5. The summed E-state index contributed by atoms with van der Waals surface area (Å²) in [4.78, 5) is 24.4. The number of carbonyl (C=O) groups is 2. The van der Waals surface area contributed by atoms with Crippen molar-refractivity contribution in [2.24, 2.45) is 45.7 Å². The molecule has 2 N–H and O–H groups in total. The van der Waals surface area contributed by atoms with Crippen LogP contribution in [0.4, 0.5) is 0 Å². The molecule has 5 rings (SSSR count). The van der Waals surface area contributed by atoms with Crippen molar-refractivity contribution < 1.29 is 14.0 Å². The summed E-state index contributed by atoms with van der Waals surface area (Å²) >= 11 is 0. The van der Waals surface area contributed by atoms with Crippen molar-refractivity contribution in [2.75, 3.05) is 0 Å². The van der Waals surface area contributed by atoms with Crippen molar-refractivity contribution >= 4 is 24.2 Å². The van der Waals surface area contributed by atoms with E-state index in [1.54, 1.807) is 0 Å². The molecule has 150 valence electrons. The molecule has 1 aromatic heterocycles. The van der Waals surface area contributed by atoms with Gasteiger partial charge in [-0.3, -0.25) is 9.59 Å². The topological polar surface area (TPSA) is 96.1 Å². The van der Waals surface area contributed by atoms with Gasteiger partial charge in [0.15, 0.2) is 11.5 Å². The highest BCUT2D eigenvalue weighted by Crippen LogP contribution is 2.43. The first-order valence-electron chi connectivity index (χ1n) is 10.3. The molecule has 4 aliphatic rings. The molecular weight excluding hydrogens is 368 g/mol. The molecule has 0 unspecified atom stereocenters. The number of amides is 2. The third-order valence-electron chi connectivity index (χ3n) is 6.58.